The van der Waals surface area contributed by atoms with Gasteiger partial charge in [0.2, 0.25) is 0 Å². The second-order valence-corrected chi connectivity index (χ2v) is 4.96. The van der Waals surface area contributed by atoms with Crippen LogP contribution in [0.2, 0.25) is 0 Å². The number of alkyl carbamates (subject to hydrolysis) is 1. The minimum absolute atomic E-state index is 0.231. The third kappa shape index (κ3) is 6.36. The van der Waals surface area contributed by atoms with Gasteiger partial charge >= 0.3 is 12.1 Å². The van der Waals surface area contributed by atoms with E-state index >= 15 is 0 Å². The molecule has 0 bridgehead atoms. The van der Waals surface area contributed by atoms with Crippen molar-refractivity contribution < 1.29 is 19.1 Å². The molecule has 1 aromatic heterocycles. The van der Waals surface area contributed by atoms with Gasteiger partial charge in [-0.2, -0.15) is 0 Å². The molecule has 1 heterocycles. The van der Waals surface area contributed by atoms with Crippen LogP contribution in [0.15, 0.2) is 48.7 Å². The lowest BCUT2D eigenvalue weighted by atomic mass is 10.2. The normalized spacial score (nSPS) is 9.48. The number of methoxy groups -OCH3 is 1. The van der Waals surface area contributed by atoms with Crippen LogP contribution in [-0.4, -0.2) is 30.7 Å². The fourth-order valence-corrected chi connectivity index (χ4v) is 1.86. The SMILES string of the molecule is COC(=O)c1ccc(C#CCCNC(=O)OCc2ccccc2)nc1. The maximum Gasteiger partial charge on any atom is 0.407 e. The molecule has 2 rings (SSSR count). The van der Waals surface area contributed by atoms with Crippen LogP contribution >= 0.6 is 0 Å². The van der Waals surface area contributed by atoms with Crippen LogP contribution in [0.25, 0.3) is 0 Å². The third-order valence-electron chi connectivity index (χ3n) is 3.13. The van der Waals surface area contributed by atoms with Gasteiger partial charge in [-0.15, -0.1) is 0 Å². The summed E-state index contributed by atoms with van der Waals surface area (Å²) in [7, 11) is 1.31. The summed E-state index contributed by atoms with van der Waals surface area (Å²) < 4.78 is 9.68. The number of nitrogens with zero attached hydrogens (tertiary/aromatic N) is 1. The molecule has 128 valence electrons. The van der Waals surface area contributed by atoms with Crippen LogP contribution in [0.1, 0.15) is 28.0 Å². The Morgan fingerprint density at radius 2 is 1.96 bits per heavy atom. The van der Waals surface area contributed by atoms with Crippen molar-refractivity contribution in [2.24, 2.45) is 0 Å². The summed E-state index contributed by atoms with van der Waals surface area (Å²) in [6.07, 6.45) is 1.39. The molecule has 0 radical (unpaired) electrons. The summed E-state index contributed by atoms with van der Waals surface area (Å²) in [6, 6.07) is 12.7. The Morgan fingerprint density at radius 3 is 2.64 bits per heavy atom. The molecule has 0 aliphatic heterocycles. The molecule has 1 aromatic carbocycles. The fraction of sp³-hybridized carbons (Fsp3) is 0.211. The summed E-state index contributed by atoms with van der Waals surface area (Å²) in [5.41, 5.74) is 1.84. The maximum atomic E-state index is 11.5. The van der Waals surface area contributed by atoms with E-state index in [1.807, 2.05) is 30.3 Å². The molecule has 0 fully saturated rings. The number of esters is 1. The van der Waals surface area contributed by atoms with Crippen molar-refractivity contribution in [2.75, 3.05) is 13.7 Å². The molecular formula is C19H18N2O4. The number of benzene rings is 1. The minimum atomic E-state index is -0.480. The first-order valence-corrected chi connectivity index (χ1v) is 7.67. The van der Waals surface area contributed by atoms with Crippen molar-refractivity contribution in [2.45, 2.75) is 13.0 Å². The highest BCUT2D eigenvalue weighted by Gasteiger charge is 2.04. The predicted octanol–water partition coefficient (Wildman–Crippen LogP) is 2.54. The van der Waals surface area contributed by atoms with Gasteiger partial charge in [-0.25, -0.2) is 14.6 Å². The highest BCUT2D eigenvalue weighted by atomic mass is 16.5. The smallest absolute Gasteiger partial charge is 0.407 e. The first-order valence-electron chi connectivity index (χ1n) is 7.67. The second-order valence-electron chi connectivity index (χ2n) is 4.96. The summed E-state index contributed by atoms with van der Waals surface area (Å²) in [5, 5.41) is 2.63. The van der Waals surface area contributed by atoms with E-state index in [1.165, 1.54) is 13.3 Å². The molecule has 0 aliphatic rings. The predicted molar refractivity (Wildman–Crippen MR) is 91.7 cm³/mol. The van der Waals surface area contributed by atoms with Crippen molar-refractivity contribution in [1.82, 2.24) is 10.3 Å². The fourth-order valence-electron chi connectivity index (χ4n) is 1.86. The largest absolute Gasteiger partial charge is 0.465 e. The van der Waals surface area contributed by atoms with E-state index in [2.05, 4.69) is 26.9 Å². The lowest BCUT2D eigenvalue weighted by molar-refractivity contribution is 0.0600. The van der Waals surface area contributed by atoms with Gasteiger partial charge in [0.1, 0.15) is 12.3 Å². The highest BCUT2D eigenvalue weighted by molar-refractivity contribution is 5.88. The van der Waals surface area contributed by atoms with Gasteiger partial charge in [-0.3, -0.25) is 0 Å². The number of pyridine rings is 1. The van der Waals surface area contributed by atoms with E-state index in [4.69, 9.17) is 4.74 Å². The Bertz CT molecular complexity index is 762. The molecule has 0 spiro atoms. The van der Waals surface area contributed by atoms with Crippen molar-refractivity contribution >= 4 is 12.1 Å². The van der Waals surface area contributed by atoms with E-state index in [-0.39, 0.29) is 6.61 Å². The van der Waals surface area contributed by atoms with E-state index in [0.717, 1.165) is 5.56 Å². The number of aromatic nitrogens is 1. The molecule has 0 saturated heterocycles. The quantitative estimate of drug-likeness (QED) is 0.515. The maximum absolute atomic E-state index is 11.5. The zero-order valence-corrected chi connectivity index (χ0v) is 13.8. The molecule has 0 aliphatic carbocycles. The zero-order chi connectivity index (χ0) is 17.9. The molecule has 1 amide bonds. The number of hydrogen-bond acceptors (Lipinski definition) is 5. The molecular weight excluding hydrogens is 320 g/mol. The van der Waals surface area contributed by atoms with E-state index in [1.54, 1.807) is 12.1 Å². The van der Waals surface area contributed by atoms with Gasteiger partial charge in [0, 0.05) is 19.2 Å². The van der Waals surface area contributed by atoms with Gasteiger partial charge < -0.3 is 14.8 Å². The minimum Gasteiger partial charge on any atom is -0.465 e. The van der Waals surface area contributed by atoms with E-state index in [9.17, 15) is 9.59 Å². The average Bonchev–Trinajstić information content (AvgIpc) is 2.67. The van der Waals surface area contributed by atoms with Crippen molar-refractivity contribution in [1.29, 1.82) is 0 Å². The molecule has 25 heavy (non-hydrogen) atoms. The summed E-state index contributed by atoms with van der Waals surface area (Å²) >= 11 is 0. The molecule has 1 N–H and O–H groups in total. The average molecular weight is 338 g/mol. The van der Waals surface area contributed by atoms with Crippen LogP contribution in [0.4, 0.5) is 4.79 Å². The molecule has 2 aromatic rings. The first kappa shape index (κ1) is 18.0. The standard InChI is InChI=1S/C19H18N2O4/c1-24-18(22)16-10-11-17(21-13-16)9-5-6-12-20-19(23)25-14-15-7-3-2-4-8-15/h2-4,7-8,10-11,13H,6,12,14H2,1H3,(H,20,23). The van der Waals surface area contributed by atoms with Gasteiger partial charge in [0.15, 0.2) is 0 Å². The Kier molecular flexibility index (Phi) is 7.01. The third-order valence-corrected chi connectivity index (χ3v) is 3.13. The second kappa shape index (κ2) is 9.73. The zero-order valence-electron chi connectivity index (χ0n) is 13.8. The van der Waals surface area contributed by atoms with Crippen LogP contribution in [0.5, 0.6) is 0 Å². The van der Waals surface area contributed by atoms with Gasteiger partial charge in [0.05, 0.1) is 12.7 Å². The van der Waals surface area contributed by atoms with Gasteiger partial charge in [0.25, 0.3) is 0 Å². The van der Waals surface area contributed by atoms with Crippen LogP contribution in [0, 0.1) is 11.8 Å². The van der Waals surface area contributed by atoms with Gasteiger partial charge in [-0.1, -0.05) is 36.3 Å². The van der Waals surface area contributed by atoms with E-state index < -0.39 is 12.1 Å². The van der Waals surface area contributed by atoms with Crippen molar-refractivity contribution in [3.8, 4) is 11.8 Å². The summed E-state index contributed by atoms with van der Waals surface area (Å²) in [6.45, 7) is 0.607. The lowest BCUT2D eigenvalue weighted by Gasteiger charge is -2.05. The molecule has 6 heteroatoms. The van der Waals surface area contributed by atoms with Crippen LogP contribution in [0.3, 0.4) is 0 Å². The molecule has 6 nitrogen and oxygen atoms in total. The Morgan fingerprint density at radius 1 is 1.16 bits per heavy atom. The topological polar surface area (TPSA) is 77.5 Å². The molecule has 0 saturated carbocycles. The molecule has 0 unspecified atom stereocenters. The number of amides is 1. The highest BCUT2D eigenvalue weighted by Crippen LogP contribution is 2.01. The number of hydrogen-bond donors (Lipinski definition) is 1. The Hall–Kier alpha value is -3.33. The Balaban J connectivity index is 1.68. The number of nitrogens with one attached hydrogen (secondary N) is 1. The van der Waals surface area contributed by atoms with Gasteiger partial charge in [-0.05, 0) is 23.6 Å². The number of rotatable bonds is 5. The number of ether oxygens (including phenoxy) is 2. The van der Waals surface area contributed by atoms with Crippen LogP contribution < -0.4 is 5.32 Å². The Labute approximate surface area is 146 Å². The monoisotopic (exact) mass is 338 g/mol. The first-order chi connectivity index (χ1) is 12.2. The van der Waals surface area contributed by atoms with Crippen molar-refractivity contribution in [3.05, 3.63) is 65.5 Å². The summed E-state index contributed by atoms with van der Waals surface area (Å²) in [5.74, 6) is 5.31. The molecule has 0 atom stereocenters. The van der Waals surface area contributed by atoms with Crippen LogP contribution in [-0.2, 0) is 16.1 Å². The number of carbonyl (C=O) groups excluding carboxylic acids is 2. The van der Waals surface area contributed by atoms with E-state index in [0.29, 0.717) is 24.2 Å². The lowest BCUT2D eigenvalue weighted by Crippen LogP contribution is -2.24. The van der Waals surface area contributed by atoms with Crippen molar-refractivity contribution in [3.63, 3.8) is 0 Å². The summed E-state index contributed by atoms with van der Waals surface area (Å²) in [4.78, 5) is 26.9. The number of carbonyl (C=O) groups is 2.